The van der Waals surface area contributed by atoms with Crippen molar-refractivity contribution in [3.8, 4) is 0 Å². The number of carbonyl (C=O) groups is 1. The molecule has 25 heavy (non-hydrogen) atoms. The molecule has 1 aliphatic rings. The highest BCUT2D eigenvalue weighted by Crippen LogP contribution is 2.20. The summed E-state index contributed by atoms with van der Waals surface area (Å²) >= 11 is 1.60. The van der Waals surface area contributed by atoms with Crippen LogP contribution in [0.5, 0.6) is 0 Å². The van der Waals surface area contributed by atoms with E-state index in [1.165, 1.54) is 6.07 Å². The van der Waals surface area contributed by atoms with Gasteiger partial charge in [-0.2, -0.15) is 5.10 Å². The summed E-state index contributed by atoms with van der Waals surface area (Å²) in [5.74, 6) is -0.223. The SMILES string of the molecule is CC(=NNC(=O)C1CCN(Cc2ccccc2F)CC1)c1cccs1. The zero-order valence-corrected chi connectivity index (χ0v) is 15.1. The summed E-state index contributed by atoms with van der Waals surface area (Å²) in [6.07, 6.45) is 1.54. The van der Waals surface area contributed by atoms with Gasteiger partial charge in [-0.25, -0.2) is 9.82 Å². The van der Waals surface area contributed by atoms with E-state index in [2.05, 4.69) is 15.4 Å². The Bertz CT molecular complexity index is 737. The van der Waals surface area contributed by atoms with E-state index in [4.69, 9.17) is 0 Å². The molecule has 0 spiro atoms. The summed E-state index contributed by atoms with van der Waals surface area (Å²) in [5.41, 5.74) is 4.22. The minimum Gasteiger partial charge on any atom is -0.299 e. The van der Waals surface area contributed by atoms with Crippen molar-refractivity contribution in [3.05, 3.63) is 58.0 Å². The van der Waals surface area contributed by atoms with Gasteiger partial charge in [-0.15, -0.1) is 11.3 Å². The molecule has 0 saturated carbocycles. The Hall–Kier alpha value is -2.05. The lowest BCUT2D eigenvalue weighted by atomic mass is 9.96. The van der Waals surface area contributed by atoms with E-state index in [1.807, 2.05) is 36.6 Å². The van der Waals surface area contributed by atoms with E-state index < -0.39 is 0 Å². The van der Waals surface area contributed by atoms with Gasteiger partial charge >= 0.3 is 0 Å². The number of rotatable bonds is 5. The van der Waals surface area contributed by atoms with E-state index in [0.717, 1.165) is 36.5 Å². The molecular weight excluding hydrogens is 337 g/mol. The van der Waals surface area contributed by atoms with Crippen LogP contribution in [-0.4, -0.2) is 29.6 Å². The molecular formula is C19H22FN3OS. The summed E-state index contributed by atoms with van der Waals surface area (Å²) in [6, 6.07) is 10.8. The molecule has 1 aromatic heterocycles. The van der Waals surface area contributed by atoms with E-state index in [0.29, 0.717) is 12.1 Å². The standard InChI is InChI=1S/C19H22FN3OS/c1-14(18-7-4-12-25-18)21-22-19(24)15-8-10-23(11-9-15)13-16-5-2-3-6-17(16)20/h2-7,12,15H,8-11,13H2,1H3,(H,22,24). The molecule has 0 bridgehead atoms. The number of benzene rings is 1. The number of carbonyl (C=O) groups excluding carboxylic acids is 1. The average molecular weight is 359 g/mol. The second-order valence-corrected chi connectivity index (χ2v) is 7.24. The normalized spacial score (nSPS) is 16.8. The minimum atomic E-state index is -0.166. The van der Waals surface area contributed by atoms with Crippen molar-refractivity contribution in [2.45, 2.75) is 26.3 Å². The van der Waals surface area contributed by atoms with E-state index >= 15 is 0 Å². The van der Waals surface area contributed by atoms with Crippen LogP contribution in [-0.2, 0) is 11.3 Å². The first-order valence-corrected chi connectivity index (χ1v) is 9.35. The lowest BCUT2D eigenvalue weighted by Gasteiger charge is -2.31. The summed E-state index contributed by atoms with van der Waals surface area (Å²) in [6.45, 7) is 4.07. The highest BCUT2D eigenvalue weighted by atomic mass is 32.1. The number of nitrogens with one attached hydrogen (secondary N) is 1. The van der Waals surface area contributed by atoms with E-state index in [1.54, 1.807) is 17.4 Å². The van der Waals surface area contributed by atoms with Crippen molar-refractivity contribution < 1.29 is 9.18 Å². The van der Waals surface area contributed by atoms with Gasteiger partial charge in [0.25, 0.3) is 0 Å². The Morgan fingerprint density at radius 3 is 2.72 bits per heavy atom. The summed E-state index contributed by atoms with van der Waals surface area (Å²) in [7, 11) is 0. The zero-order chi connectivity index (χ0) is 17.6. The smallest absolute Gasteiger partial charge is 0.243 e. The monoisotopic (exact) mass is 359 g/mol. The van der Waals surface area contributed by atoms with Gasteiger partial charge in [-0.1, -0.05) is 24.3 Å². The van der Waals surface area contributed by atoms with Gasteiger partial charge in [0.2, 0.25) is 5.91 Å². The molecule has 1 amide bonds. The number of halogens is 1. The molecule has 0 atom stereocenters. The van der Waals surface area contributed by atoms with E-state index in [-0.39, 0.29) is 17.6 Å². The van der Waals surface area contributed by atoms with Crippen LogP contribution in [0, 0.1) is 11.7 Å². The molecule has 1 fully saturated rings. The first-order valence-electron chi connectivity index (χ1n) is 8.47. The number of hydrazone groups is 1. The van der Waals surface area contributed by atoms with Gasteiger partial charge in [0.1, 0.15) is 5.82 Å². The summed E-state index contributed by atoms with van der Waals surface area (Å²) in [5, 5.41) is 6.19. The van der Waals surface area contributed by atoms with Crippen LogP contribution in [0.25, 0.3) is 0 Å². The van der Waals surface area contributed by atoms with Crippen LogP contribution in [0.3, 0.4) is 0 Å². The highest BCUT2D eigenvalue weighted by Gasteiger charge is 2.25. The summed E-state index contributed by atoms with van der Waals surface area (Å²) < 4.78 is 13.7. The van der Waals surface area contributed by atoms with Crippen LogP contribution in [0.2, 0.25) is 0 Å². The Kier molecular flexibility index (Phi) is 5.94. The number of hydrogen-bond donors (Lipinski definition) is 1. The fourth-order valence-electron chi connectivity index (χ4n) is 2.99. The zero-order valence-electron chi connectivity index (χ0n) is 14.2. The van der Waals surface area contributed by atoms with Crippen LogP contribution in [0.1, 0.15) is 30.2 Å². The quantitative estimate of drug-likeness (QED) is 0.654. The molecule has 1 aromatic carbocycles. The van der Waals surface area contributed by atoms with Crippen molar-refractivity contribution in [3.63, 3.8) is 0 Å². The second kappa shape index (κ2) is 8.36. The third kappa shape index (κ3) is 4.74. The van der Waals surface area contributed by atoms with Crippen LogP contribution < -0.4 is 5.43 Å². The highest BCUT2D eigenvalue weighted by molar-refractivity contribution is 7.12. The Balaban J connectivity index is 1.48. The molecule has 1 N–H and O–H groups in total. The van der Waals surface area contributed by atoms with Gasteiger partial charge in [0, 0.05) is 22.9 Å². The third-order valence-corrected chi connectivity index (χ3v) is 5.50. The third-order valence-electron chi connectivity index (χ3n) is 4.52. The van der Waals surface area contributed by atoms with Gasteiger partial charge in [0.05, 0.1) is 5.71 Å². The molecule has 3 rings (SSSR count). The molecule has 1 saturated heterocycles. The number of piperidine rings is 1. The minimum absolute atomic E-state index is 0.0264. The van der Waals surface area contributed by atoms with Gasteiger partial charge < -0.3 is 0 Å². The Morgan fingerprint density at radius 2 is 2.04 bits per heavy atom. The van der Waals surface area contributed by atoms with Crippen molar-refractivity contribution in [1.82, 2.24) is 10.3 Å². The molecule has 6 heteroatoms. The second-order valence-electron chi connectivity index (χ2n) is 6.29. The molecule has 0 radical (unpaired) electrons. The van der Waals surface area contributed by atoms with Gasteiger partial charge in [-0.3, -0.25) is 9.69 Å². The molecule has 0 aliphatic carbocycles. The molecule has 4 nitrogen and oxygen atoms in total. The number of hydrogen-bond acceptors (Lipinski definition) is 4. The predicted octanol–water partition coefficient (Wildman–Crippen LogP) is 3.64. The average Bonchev–Trinajstić information content (AvgIpc) is 3.17. The summed E-state index contributed by atoms with van der Waals surface area (Å²) in [4.78, 5) is 15.6. The lowest BCUT2D eigenvalue weighted by Crippen LogP contribution is -2.39. The maximum atomic E-state index is 13.7. The Morgan fingerprint density at radius 1 is 1.28 bits per heavy atom. The number of thiophene rings is 1. The van der Waals surface area contributed by atoms with E-state index in [9.17, 15) is 9.18 Å². The van der Waals surface area contributed by atoms with Crippen molar-refractivity contribution in [2.75, 3.05) is 13.1 Å². The Labute approximate surface area is 151 Å². The van der Waals surface area contributed by atoms with Crippen LogP contribution in [0.4, 0.5) is 4.39 Å². The lowest BCUT2D eigenvalue weighted by molar-refractivity contribution is -0.126. The fraction of sp³-hybridized carbons (Fsp3) is 0.368. The maximum absolute atomic E-state index is 13.7. The van der Waals surface area contributed by atoms with Crippen LogP contribution in [0.15, 0.2) is 46.9 Å². The largest absolute Gasteiger partial charge is 0.299 e. The molecule has 0 unspecified atom stereocenters. The molecule has 132 valence electrons. The van der Waals surface area contributed by atoms with Crippen molar-refractivity contribution in [1.29, 1.82) is 0 Å². The van der Waals surface area contributed by atoms with Crippen molar-refractivity contribution in [2.24, 2.45) is 11.0 Å². The predicted molar refractivity (Wildman–Crippen MR) is 99.1 cm³/mol. The number of likely N-dealkylation sites (tertiary alicyclic amines) is 1. The number of nitrogens with zero attached hydrogens (tertiary/aromatic N) is 2. The molecule has 2 aromatic rings. The molecule has 2 heterocycles. The fourth-order valence-corrected chi connectivity index (χ4v) is 3.67. The topological polar surface area (TPSA) is 44.7 Å². The van der Waals surface area contributed by atoms with Crippen LogP contribution >= 0.6 is 11.3 Å². The van der Waals surface area contributed by atoms with Gasteiger partial charge in [-0.05, 0) is 50.4 Å². The van der Waals surface area contributed by atoms with Crippen molar-refractivity contribution >= 4 is 23.0 Å². The first kappa shape index (κ1) is 17.8. The first-order chi connectivity index (χ1) is 12.1. The molecule has 1 aliphatic heterocycles. The number of amides is 1. The van der Waals surface area contributed by atoms with Gasteiger partial charge in [0.15, 0.2) is 0 Å². The maximum Gasteiger partial charge on any atom is 0.243 e.